The first-order valence-electron chi connectivity index (χ1n) is 14.5. The molecule has 4 amide bonds. The molecule has 9 nitrogen and oxygen atoms in total. The van der Waals surface area contributed by atoms with Crippen LogP contribution in [0.15, 0.2) is 84.9 Å². The second-order valence-electron chi connectivity index (χ2n) is 11.0. The van der Waals surface area contributed by atoms with Crippen molar-refractivity contribution >= 4 is 41.0 Å². The van der Waals surface area contributed by atoms with E-state index in [4.69, 9.17) is 11.6 Å². The predicted octanol–water partition coefficient (Wildman–Crippen LogP) is 4.56. The normalized spacial score (nSPS) is 13.5. The van der Waals surface area contributed by atoms with Crippen LogP contribution in [0.1, 0.15) is 41.4 Å². The van der Waals surface area contributed by atoms with Crippen LogP contribution in [0.2, 0.25) is 5.02 Å². The van der Waals surface area contributed by atoms with E-state index in [2.05, 4.69) is 16.0 Å². The van der Waals surface area contributed by atoms with Crippen molar-refractivity contribution in [1.29, 1.82) is 0 Å². The van der Waals surface area contributed by atoms with E-state index in [0.29, 0.717) is 10.6 Å². The van der Waals surface area contributed by atoms with Crippen LogP contribution in [-0.4, -0.2) is 60.1 Å². The average Bonchev–Trinajstić information content (AvgIpc) is 3.04. The number of carbonyl (C=O) groups excluding carboxylic acids is 5. The molecule has 0 fully saturated rings. The second kappa shape index (κ2) is 16.3. The molecule has 0 aliphatic heterocycles. The number of hydrogen-bond donors (Lipinski definition) is 4. The SMILES string of the molecule is CC(C)C(NC(=O)C(NC(=O)C(Cc1cccc(Cl)c1)NC(=O)c1ccccc1)c1ccccc1)C(=O)C(F)(F)C(=O)NCC(F)(F)F. The van der Waals surface area contributed by atoms with E-state index in [-0.39, 0.29) is 17.5 Å². The summed E-state index contributed by atoms with van der Waals surface area (Å²) < 4.78 is 67.1. The zero-order chi connectivity index (χ0) is 35.6. The molecule has 0 heterocycles. The highest BCUT2D eigenvalue weighted by Gasteiger charge is 2.52. The van der Waals surface area contributed by atoms with E-state index in [1.165, 1.54) is 50.2 Å². The summed E-state index contributed by atoms with van der Waals surface area (Å²) in [7, 11) is 0. The molecule has 0 saturated carbocycles. The summed E-state index contributed by atoms with van der Waals surface area (Å²) in [6.07, 6.45) is -5.10. The van der Waals surface area contributed by atoms with Gasteiger partial charge in [0.1, 0.15) is 18.6 Å². The smallest absolute Gasteiger partial charge is 0.344 e. The van der Waals surface area contributed by atoms with Crippen molar-refractivity contribution < 1.29 is 45.9 Å². The van der Waals surface area contributed by atoms with Crippen molar-refractivity contribution in [3.63, 3.8) is 0 Å². The summed E-state index contributed by atoms with van der Waals surface area (Å²) in [5, 5.41) is 8.59. The average molecular weight is 695 g/mol. The Hall–Kier alpha value is -4.85. The van der Waals surface area contributed by atoms with E-state index in [9.17, 15) is 45.9 Å². The third-order valence-electron chi connectivity index (χ3n) is 6.96. The maximum atomic E-state index is 14.8. The molecule has 48 heavy (non-hydrogen) atoms. The van der Waals surface area contributed by atoms with Crippen LogP contribution in [-0.2, 0) is 25.6 Å². The number of carbonyl (C=O) groups is 5. The molecule has 3 unspecified atom stereocenters. The number of alkyl halides is 5. The van der Waals surface area contributed by atoms with Gasteiger partial charge in [-0.1, -0.05) is 86.1 Å². The van der Waals surface area contributed by atoms with Crippen molar-refractivity contribution in [3.05, 3.63) is 107 Å². The summed E-state index contributed by atoms with van der Waals surface area (Å²) >= 11 is 6.11. The van der Waals surface area contributed by atoms with Crippen molar-refractivity contribution in [1.82, 2.24) is 21.3 Å². The Balaban J connectivity index is 1.90. The van der Waals surface area contributed by atoms with Gasteiger partial charge in [-0.25, -0.2) is 0 Å². The van der Waals surface area contributed by atoms with E-state index < -0.39 is 72.1 Å². The van der Waals surface area contributed by atoms with Crippen molar-refractivity contribution in [3.8, 4) is 0 Å². The number of benzene rings is 3. The Bertz CT molecular complexity index is 1610. The number of Topliss-reactive ketones (excluding diaryl/α,β-unsaturated/α-hetero) is 1. The van der Waals surface area contributed by atoms with Gasteiger partial charge in [0.15, 0.2) is 0 Å². The largest absolute Gasteiger partial charge is 0.405 e. The Morgan fingerprint density at radius 3 is 1.92 bits per heavy atom. The van der Waals surface area contributed by atoms with Gasteiger partial charge in [0.2, 0.25) is 17.6 Å². The van der Waals surface area contributed by atoms with Crippen molar-refractivity contribution in [2.45, 2.75) is 50.5 Å². The molecular weight excluding hydrogens is 663 g/mol. The van der Waals surface area contributed by atoms with Gasteiger partial charge in [0.05, 0.1) is 6.04 Å². The molecule has 0 saturated heterocycles. The van der Waals surface area contributed by atoms with Gasteiger partial charge in [0.25, 0.3) is 11.8 Å². The van der Waals surface area contributed by atoms with Crippen LogP contribution < -0.4 is 21.3 Å². The quantitative estimate of drug-likeness (QED) is 0.145. The second-order valence-corrected chi connectivity index (χ2v) is 11.5. The van der Waals surface area contributed by atoms with Crippen LogP contribution in [0.3, 0.4) is 0 Å². The Morgan fingerprint density at radius 2 is 1.35 bits per heavy atom. The molecule has 4 N–H and O–H groups in total. The lowest BCUT2D eigenvalue weighted by Crippen LogP contribution is -2.58. The number of amides is 4. The number of nitrogens with one attached hydrogen (secondary N) is 4. The van der Waals surface area contributed by atoms with Crippen molar-refractivity contribution in [2.24, 2.45) is 5.92 Å². The van der Waals surface area contributed by atoms with Gasteiger partial charge < -0.3 is 21.3 Å². The van der Waals surface area contributed by atoms with Gasteiger partial charge in [-0.2, -0.15) is 22.0 Å². The maximum Gasteiger partial charge on any atom is 0.405 e. The zero-order valence-electron chi connectivity index (χ0n) is 25.6. The highest BCUT2D eigenvalue weighted by Crippen LogP contribution is 2.23. The topological polar surface area (TPSA) is 133 Å². The first-order chi connectivity index (χ1) is 22.5. The highest BCUT2D eigenvalue weighted by atomic mass is 35.5. The Morgan fingerprint density at radius 1 is 0.750 bits per heavy atom. The minimum Gasteiger partial charge on any atom is -0.344 e. The molecule has 256 valence electrons. The predicted molar refractivity (Wildman–Crippen MR) is 166 cm³/mol. The first-order valence-corrected chi connectivity index (χ1v) is 14.9. The van der Waals surface area contributed by atoms with E-state index in [1.807, 2.05) is 0 Å². The third kappa shape index (κ3) is 10.6. The summed E-state index contributed by atoms with van der Waals surface area (Å²) in [6.45, 7) is 0.429. The molecule has 3 atom stereocenters. The molecule has 0 aliphatic carbocycles. The lowest BCUT2D eigenvalue weighted by Gasteiger charge is -2.28. The fourth-order valence-corrected chi connectivity index (χ4v) is 4.71. The molecule has 3 aromatic carbocycles. The van der Waals surface area contributed by atoms with Gasteiger partial charge in [-0.3, -0.25) is 24.0 Å². The maximum absolute atomic E-state index is 14.8. The highest BCUT2D eigenvalue weighted by molar-refractivity contribution is 6.30. The number of hydrogen-bond acceptors (Lipinski definition) is 5. The van der Waals surface area contributed by atoms with Crippen LogP contribution in [0.25, 0.3) is 0 Å². The molecule has 0 aromatic heterocycles. The minimum absolute atomic E-state index is 0.0829. The summed E-state index contributed by atoms with van der Waals surface area (Å²) in [4.78, 5) is 65.2. The molecule has 15 heteroatoms. The van der Waals surface area contributed by atoms with Crippen molar-refractivity contribution in [2.75, 3.05) is 6.54 Å². The molecule has 3 aromatic rings. The van der Waals surface area contributed by atoms with Crippen LogP contribution in [0.5, 0.6) is 0 Å². The number of ketones is 1. The Kier molecular flexibility index (Phi) is 12.8. The zero-order valence-corrected chi connectivity index (χ0v) is 26.4. The third-order valence-corrected chi connectivity index (χ3v) is 7.19. The molecular formula is C33H32ClF5N4O5. The number of halogens is 6. The van der Waals surface area contributed by atoms with E-state index in [0.717, 1.165) is 5.32 Å². The van der Waals surface area contributed by atoms with Gasteiger partial charge in [-0.05, 0) is 41.3 Å². The fourth-order valence-electron chi connectivity index (χ4n) is 4.50. The van der Waals surface area contributed by atoms with E-state index >= 15 is 0 Å². The minimum atomic E-state index is -5.02. The Labute approximate surface area is 277 Å². The summed E-state index contributed by atoms with van der Waals surface area (Å²) in [5.74, 6) is -13.3. The summed E-state index contributed by atoms with van der Waals surface area (Å²) in [6, 6.07) is 17.0. The van der Waals surface area contributed by atoms with Crippen LogP contribution in [0.4, 0.5) is 22.0 Å². The molecule has 3 rings (SSSR count). The van der Waals surface area contributed by atoms with Gasteiger partial charge in [-0.15, -0.1) is 0 Å². The lowest BCUT2D eigenvalue weighted by molar-refractivity contribution is -0.165. The van der Waals surface area contributed by atoms with E-state index in [1.54, 1.807) is 48.5 Å². The standard InChI is InChI=1S/C33H32ClF5N4O5/c1-19(2)25(27(44)33(38,39)31(48)40-18-32(35,36)37)42-30(47)26(21-11-5-3-6-12-21)43-29(46)24(17-20-10-9-15-23(34)16-20)41-28(45)22-13-7-4-8-14-22/h3-16,19,24-26H,17-18H2,1-2H3,(H,40,48)(H,41,45)(H,42,47)(H,43,46). The molecule has 0 bridgehead atoms. The van der Waals surface area contributed by atoms with Gasteiger partial charge >= 0.3 is 12.1 Å². The lowest BCUT2D eigenvalue weighted by atomic mass is 9.94. The fraction of sp³-hybridized carbons (Fsp3) is 0.303. The van der Waals surface area contributed by atoms with Crippen LogP contribution >= 0.6 is 11.6 Å². The molecule has 0 aliphatic rings. The van der Waals surface area contributed by atoms with Gasteiger partial charge in [0, 0.05) is 17.0 Å². The molecule has 0 spiro atoms. The first kappa shape index (κ1) is 37.6. The summed E-state index contributed by atoms with van der Waals surface area (Å²) in [5.41, 5.74) is 0.939. The van der Waals surface area contributed by atoms with Crippen LogP contribution in [0, 0.1) is 5.92 Å². The monoisotopic (exact) mass is 694 g/mol. The molecule has 0 radical (unpaired) electrons. The number of rotatable bonds is 14.